The minimum atomic E-state index is -0.420. The molecule has 1 aromatic heterocycles. The first-order chi connectivity index (χ1) is 14.6. The van der Waals surface area contributed by atoms with E-state index in [1.165, 1.54) is 38.9 Å². The molecule has 1 heterocycles. The Balaban J connectivity index is 0.00000155. The number of benzene rings is 1. The summed E-state index contributed by atoms with van der Waals surface area (Å²) < 4.78 is 10.3. The number of rotatable bonds is 6. The highest BCUT2D eigenvalue weighted by molar-refractivity contribution is 5.88. The summed E-state index contributed by atoms with van der Waals surface area (Å²) in [6.07, 6.45) is 11.6. The van der Waals surface area contributed by atoms with E-state index >= 15 is 0 Å². The molecule has 1 N–H and O–H groups in total. The maximum atomic E-state index is 12.2. The molecule has 0 spiro atoms. The van der Waals surface area contributed by atoms with E-state index in [2.05, 4.69) is 15.0 Å². The lowest BCUT2D eigenvalue weighted by Gasteiger charge is -2.16. The Bertz CT molecular complexity index is 855. The number of esters is 1. The van der Waals surface area contributed by atoms with Crippen molar-refractivity contribution in [2.45, 2.75) is 58.4 Å². The van der Waals surface area contributed by atoms with E-state index in [1.54, 1.807) is 18.3 Å². The van der Waals surface area contributed by atoms with Crippen LogP contribution in [0.2, 0.25) is 0 Å². The minimum absolute atomic E-state index is 0.00261. The average molecular weight is 413 g/mol. The van der Waals surface area contributed by atoms with Crippen LogP contribution >= 0.6 is 0 Å². The third-order valence-electron chi connectivity index (χ3n) is 4.88. The standard InChI is InChI=1S/C22H26N2O4.C2H6/c1-27-22(26)11-8-16-12-17-13-19(9-10-20(17)23-14-16)28-15-21(25)24-18-6-4-2-3-5-7-18;1-2/h8-14,18H,2-7,15H2,1H3,(H,24,25);1-2H3/b11-8+;. The molecule has 0 radical (unpaired) electrons. The molecule has 0 aliphatic heterocycles. The molecule has 162 valence electrons. The van der Waals surface area contributed by atoms with Gasteiger partial charge in [0.2, 0.25) is 0 Å². The topological polar surface area (TPSA) is 77.5 Å². The number of hydrogen-bond donors (Lipinski definition) is 1. The van der Waals surface area contributed by atoms with Crippen molar-refractivity contribution in [2.24, 2.45) is 0 Å². The molecule has 1 aromatic carbocycles. The molecule has 0 unspecified atom stereocenters. The van der Waals surface area contributed by atoms with Gasteiger partial charge in [-0.05, 0) is 48.7 Å². The summed E-state index contributed by atoms with van der Waals surface area (Å²) in [7, 11) is 1.33. The maximum absolute atomic E-state index is 12.2. The number of pyridine rings is 1. The monoisotopic (exact) mass is 412 g/mol. The number of methoxy groups -OCH3 is 1. The molecule has 0 atom stereocenters. The van der Waals surface area contributed by atoms with Crippen LogP contribution in [0.5, 0.6) is 5.75 Å². The summed E-state index contributed by atoms with van der Waals surface area (Å²) in [5.41, 5.74) is 1.59. The fourth-order valence-electron chi connectivity index (χ4n) is 3.38. The number of amides is 1. The molecule has 2 aromatic rings. The van der Waals surface area contributed by atoms with Crippen LogP contribution in [0.1, 0.15) is 57.9 Å². The van der Waals surface area contributed by atoms with E-state index in [0.29, 0.717) is 5.75 Å². The van der Waals surface area contributed by atoms with Crippen LogP contribution in [-0.4, -0.2) is 36.6 Å². The van der Waals surface area contributed by atoms with Crippen molar-refractivity contribution < 1.29 is 19.1 Å². The van der Waals surface area contributed by atoms with Crippen LogP contribution in [0.4, 0.5) is 0 Å². The second kappa shape index (κ2) is 12.6. The van der Waals surface area contributed by atoms with E-state index < -0.39 is 5.97 Å². The van der Waals surface area contributed by atoms with Crippen LogP contribution in [0.25, 0.3) is 17.0 Å². The van der Waals surface area contributed by atoms with Crippen molar-refractivity contribution in [1.82, 2.24) is 10.3 Å². The number of carbonyl (C=O) groups excluding carboxylic acids is 2. The van der Waals surface area contributed by atoms with E-state index in [1.807, 2.05) is 32.0 Å². The fraction of sp³-hybridized carbons (Fsp3) is 0.458. The number of aromatic nitrogens is 1. The first kappa shape index (κ1) is 23.4. The molecule has 1 aliphatic carbocycles. The summed E-state index contributed by atoms with van der Waals surface area (Å²) in [5.74, 6) is 0.108. The zero-order valence-electron chi connectivity index (χ0n) is 18.1. The Labute approximate surface area is 178 Å². The molecule has 1 aliphatic rings. The number of nitrogens with one attached hydrogen (secondary N) is 1. The van der Waals surface area contributed by atoms with Crippen molar-refractivity contribution in [2.75, 3.05) is 13.7 Å². The third-order valence-corrected chi connectivity index (χ3v) is 4.88. The van der Waals surface area contributed by atoms with E-state index in [4.69, 9.17) is 4.74 Å². The number of hydrogen-bond acceptors (Lipinski definition) is 5. The Morgan fingerprint density at radius 1 is 1.13 bits per heavy atom. The summed E-state index contributed by atoms with van der Waals surface area (Å²) in [6.45, 7) is 4.00. The van der Waals surface area contributed by atoms with Gasteiger partial charge in [0.25, 0.3) is 5.91 Å². The summed E-state index contributed by atoms with van der Waals surface area (Å²) in [4.78, 5) is 27.8. The largest absolute Gasteiger partial charge is 0.484 e. The predicted molar refractivity (Wildman–Crippen MR) is 119 cm³/mol. The molecule has 30 heavy (non-hydrogen) atoms. The molecule has 6 nitrogen and oxygen atoms in total. The maximum Gasteiger partial charge on any atom is 0.330 e. The van der Waals surface area contributed by atoms with Gasteiger partial charge in [0, 0.05) is 23.7 Å². The Morgan fingerprint density at radius 3 is 2.57 bits per heavy atom. The van der Waals surface area contributed by atoms with Gasteiger partial charge in [-0.3, -0.25) is 9.78 Å². The van der Waals surface area contributed by atoms with E-state index in [0.717, 1.165) is 29.3 Å². The zero-order chi connectivity index (χ0) is 21.8. The highest BCUT2D eigenvalue weighted by Gasteiger charge is 2.15. The van der Waals surface area contributed by atoms with Crippen LogP contribution in [0.15, 0.2) is 36.5 Å². The first-order valence-electron chi connectivity index (χ1n) is 10.7. The van der Waals surface area contributed by atoms with Gasteiger partial charge >= 0.3 is 5.97 Å². The minimum Gasteiger partial charge on any atom is -0.484 e. The van der Waals surface area contributed by atoms with Crippen LogP contribution in [0.3, 0.4) is 0 Å². The van der Waals surface area contributed by atoms with Crippen molar-refractivity contribution in [3.8, 4) is 5.75 Å². The van der Waals surface area contributed by atoms with Crippen LogP contribution in [-0.2, 0) is 14.3 Å². The molecule has 1 amide bonds. The smallest absolute Gasteiger partial charge is 0.330 e. The number of carbonyl (C=O) groups is 2. The molecule has 3 rings (SSSR count). The molecule has 1 fully saturated rings. The van der Waals surface area contributed by atoms with Gasteiger partial charge in [-0.2, -0.15) is 0 Å². The van der Waals surface area contributed by atoms with E-state index in [9.17, 15) is 9.59 Å². The summed E-state index contributed by atoms with van der Waals surface area (Å²) in [6, 6.07) is 7.67. The van der Waals surface area contributed by atoms with Crippen molar-refractivity contribution >= 4 is 28.9 Å². The van der Waals surface area contributed by atoms with Gasteiger partial charge in [0.1, 0.15) is 5.75 Å². The van der Waals surface area contributed by atoms with Gasteiger partial charge < -0.3 is 14.8 Å². The first-order valence-corrected chi connectivity index (χ1v) is 10.7. The summed E-state index contributed by atoms with van der Waals surface area (Å²) in [5, 5.41) is 3.95. The number of ether oxygens (including phenoxy) is 2. The number of fused-ring (bicyclic) bond motifs is 1. The summed E-state index contributed by atoms with van der Waals surface area (Å²) >= 11 is 0. The molecule has 0 bridgehead atoms. The quantitative estimate of drug-likeness (QED) is 0.424. The highest BCUT2D eigenvalue weighted by Crippen LogP contribution is 2.21. The van der Waals surface area contributed by atoms with Gasteiger partial charge in [0.05, 0.1) is 12.6 Å². The van der Waals surface area contributed by atoms with Crippen molar-refractivity contribution in [3.63, 3.8) is 0 Å². The molecular weight excluding hydrogens is 380 g/mol. The van der Waals surface area contributed by atoms with Crippen LogP contribution < -0.4 is 10.1 Å². The Morgan fingerprint density at radius 2 is 1.87 bits per heavy atom. The number of nitrogens with zero attached hydrogens (tertiary/aromatic N) is 1. The zero-order valence-corrected chi connectivity index (χ0v) is 18.1. The highest BCUT2D eigenvalue weighted by atomic mass is 16.5. The molecule has 0 saturated heterocycles. The fourth-order valence-corrected chi connectivity index (χ4v) is 3.38. The Hall–Kier alpha value is -2.89. The van der Waals surface area contributed by atoms with E-state index in [-0.39, 0.29) is 18.6 Å². The lowest BCUT2D eigenvalue weighted by atomic mass is 10.1. The molecule has 1 saturated carbocycles. The normalized spacial score (nSPS) is 14.5. The van der Waals surface area contributed by atoms with Gasteiger partial charge in [-0.1, -0.05) is 39.5 Å². The lowest BCUT2D eigenvalue weighted by molar-refractivity contribution is -0.134. The molecule has 6 heteroatoms. The SMILES string of the molecule is CC.COC(=O)/C=C/c1cnc2ccc(OCC(=O)NC3CCCCCC3)cc2c1. The van der Waals surface area contributed by atoms with Gasteiger partial charge in [-0.25, -0.2) is 4.79 Å². The molecular formula is C24H32N2O4. The van der Waals surface area contributed by atoms with Crippen LogP contribution in [0, 0.1) is 0 Å². The Kier molecular flexibility index (Phi) is 9.84. The second-order valence-corrected chi connectivity index (χ2v) is 7.02. The average Bonchev–Trinajstić information content (AvgIpc) is 3.05. The predicted octanol–water partition coefficient (Wildman–Crippen LogP) is 4.67. The lowest BCUT2D eigenvalue weighted by Crippen LogP contribution is -2.37. The van der Waals surface area contributed by atoms with Crippen molar-refractivity contribution in [1.29, 1.82) is 0 Å². The second-order valence-electron chi connectivity index (χ2n) is 7.02. The van der Waals surface area contributed by atoms with Crippen molar-refractivity contribution in [3.05, 3.63) is 42.1 Å². The van der Waals surface area contributed by atoms with Gasteiger partial charge in [0.15, 0.2) is 6.61 Å². The third kappa shape index (κ3) is 7.50. The van der Waals surface area contributed by atoms with Gasteiger partial charge in [-0.15, -0.1) is 0 Å².